The number of benzene rings is 1. The Balaban J connectivity index is 1.78. The first-order valence-electron chi connectivity index (χ1n) is 8.93. The van der Waals surface area contributed by atoms with Gasteiger partial charge in [0.1, 0.15) is 5.82 Å². The minimum absolute atomic E-state index is 0.508. The molecule has 6 nitrogen and oxygen atoms in total. The minimum atomic E-state index is 0.508. The lowest BCUT2D eigenvalue weighted by Gasteiger charge is -2.15. The van der Waals surface area contributed by atoms with Gasteiger partial charge in [-0.2, -0.15) is 15.5 Å². The Morgan fingerprint density at radius 1 is 1.07 bits per heavy atom. The summed E-state index contributed by atoms with van der Waals surface area (Å²) < 4.78 is 0. The summed E-state index contributed by atoms with van der Waals surface area (Å²) in [5.74, 6) is 1.20. The third-order valence-corrected chi connectivity index (χ3v) is 4.38. The molecule has 0 fully saturated rings. The first-order chi connectivity index (χ1) is 13.6. The van der Waals surface area contributed by atoms with Gasteiger partial charge in [0, 0.05) is 29.2 Å². The number of nitrogens with zero attached hydrogens (tertiary/aromatic N) is 4. The molecule has 0 amide bonds. The number of hydrogen-bond donors (Lipinski definition) is 2. The van der Waals surface area contributed by atoms with Crippen molar-refractivity contribution in [2.75, 3.05) is 10.6 Å². The second-order valence-electron chi connectivity index (χ2n) is 6.50. The zero-order valence-electron chi connectivity index (χ0n) is 15.8. The molecule has 1 aliphatic carbocycles. The van der Waals surface area contributed by atoms with Crippen molar-refractivity contribution in [3.8, 4) is 12.1 Å². The zero-order chi connectivity index (χ0) is 19.9. The van der Waals surface area contributed by atoms with E-state index in [4.69, 9.17) is 10.5 Å². The molecule has 28 heavy (non-hydrogen) atoms. The van der Waals surface area contributed by atoms with Crippen LogP contribution in [0.4, 0.5) is 17.5 Å². The topological polar surface area (TPSA) is 97.4 Å². The normalized spacial score (nSPS) is 13.3. The molecular formula is C22H20N6. The monoisotopic (exact) mass is 368 g/mol. The highest BCUT2D eigenvalue weighted by molar-refractivity contribution is 5.69. The minimum Gasteiger partial charge on any atom is -0.340 e. The molecule has 0 atom stereocenters. The van der Waals surface area contributed by atoms with E-state index in [-0.39, 0.29) is 0 Å². The average Bonchev–Trinajstić information content (AvgIpc) is 2.70. The Kier molecular flexibility index (Phi) is 5.84. The van der Waals surface area contributed by atoms with Gasteiger partial charge < -0.3 is 10.6 Å². The molecule has 1 aromatic heterocycles. The highest BCUT2D eigenvalue weighted by Crippen LogP contribution is 2.26. The highest BCUT2D eigenvalue weighted by atomic mass is 15.1. The number of rotatable bonds is 5. The van der Waals surface area contributed by atoms with E-state index in [2.05, 4.69) is 26.7 Å². The molecule has 3 rings (SSSR count). The molecule has 1 aliphatic rings. The lowest BCUT2D eigenvalue weighted by Crippen LogP contribution is -2.07. The Hall–Kier alpha value is -3.90. The van der Waals surface area contributed by atoms with E-state index < -0.39 is 0 Å². The van der Waals surface area contributed by atoms with Crippen LogP contribution < -0.4 is 10.6 Å². The average molecular weight is 368 g/mol. The van der Waals surface area contributed by atoms with Crippen molar-refractivity contribution in [3.05, 3.63) is 70.6 Å². The number of aromatic nitrogens is 2. The van der Waals surface area contributed by atoms with Crippen LogP contribution in [0, 0.1) is 36.5 Å². The van der Waals surface area contributed by atoms with Crippen molar-refractivity contribution >= 4 is 23.5 Å². The molecule has 0 radical (unpaired) electrons. The largest absolute Gasteiger partial charge is 0.340 e. The number of aryl methyl sites for hydroxylation is 2. The summed E-state index contributed by atoms with van der Waals surface area (Å²) >= 11 is 0. The van der Waals surface area contributed by atoms with Gasteiger partial charge in [0.25, 0.3) is 0 Å². The SMILES string of the molecule is Cc1cc(/C=C/C#N)cc(C)c1Nc1ccnc(NC2=CC=C(C#N)CC2)n1. The van der Waals surface area contributed by atoms with Gasteiger partial charge in [-0.25, -0.2) is 4.98 Å². The second-order valence-corrected chi connectivity index (χ2v) is 6.50. The molecule has 0 saturated heterocycles. The fraction of sp³-hybridized carbons (Fsp3) is 0.182. The molecule has 1 aromatic carbocycles. The van der Waals surface area contributed by atoms with Gasteiger partial charge >= 0.3 is 0 Å². The Labute approximate surface area is 164 Å². The molecule has 0 unspecified atom stereocenters. The molecule has 0 spiro atoms. The van der Waals surface area contributed by atoms with E-state index in [1.807, 2.05) is 50.3 Å². The first kappa shape index (κ1) is 18.9. The van der Waals surface area contributed by atoms with E-state index in [0.29, 0.717) is 11.8 Å². The summed E-state index contributed by atoms with van der Waals surface area (Å²) in [6, 6.07) is 10.1. The van der Waals surface area contributed by atoms with Crippen molar-refractivity contribution in [1.29, 1.82) is 10.5 Å². The smallest absolute Gasteiger partial charge is 0.228 e. The van der Waals surface area contributed by atoms with Gasteiger partial charge in [-0.3, -0.25) is 0 Å². The zero-order valence-corrected chi connectivity index (χ0v) is 15.8. The van der Waals surface area contributed by atoms with E-state index in [9.17, 15) is 0 Å². The van der Waals surface area contributed by atoms with Crippen LogP contribution in [-0.4, -0.2) is 9.97 Å². The molecule has 2 N–H and O–H groups in total. The Morgan fingerprint density at radius 2 is 1.86 bits per heavy atom. The summed E-state index contributed by atoms with van der Waals surface area (Å²) in [7, 11) is 0. The van der Waals surface area contributed by atoms with Crippen LogP contribution in [0.15, 0.2) is 53.9 Å². The quantitative estimate of drug-likeness (QED) is 0.728. The summed E-state index contributed by atoms with van der Waals surface area (Å²) in [5.41, 5.74) is 5.86. The number of allylic oxidation sites excluding steroid dienone is 5. The Bertz CT molecular complexity index is 1040. The molecular weight excluding hydrogens is 348 g/mol. The molecule has 1 heterocycles. The number of nitrogens with one attached hydrogen (secondary N) is 2. The van der Waals surface area contributed by atoms with Crippen molar-refractivity contribution in [1.82, 2.24) is 9.97 Å². The molecule has 6 heteroatoms. The van der Waals surface area contributed by atoms with Crippen LogP contribution in [0.2, 0.25) is 0 Å². The van der Waals surface area contributed by atoms with Crippen LogP contribution in [-0.2, 0) is 0 Å². The van der Waals surface area contributed by atoms with Gasteiger partial charge in [-0.05, 0) is 79.8 Å². The first-order valence-corrected chi connectivity index (χ1v) is 8.93. The summed E-state index contributed by atoms with van der Waals surface area (Å²) in [6.07, 6.45) is 10.2. The molecule has 0 bridgehead atoms. The second kappa shape index (κ2) is 8.66. The third-order valence-electron chi connectivity index (χ3n) is 4.38. The maximum Gasteiger partial charge on any atom is 0.228 e. The fourth-order valence-corrected chi connectivity index (χ4v) is 3.02. The van der Waals surface area contributed by atoms with Gasteiger partial charge in [0.15, 0.2) is 0 Å². The van der Waals surface area contributed by atoms with E-state index >= 15 is 0 Å². The molecule has 138 valence electrons. The standard InChI is InChI=1S/C22H20N6/c1-15-12-18(4-3-10-23)13-16(2)21(15)27-20-9-11-25-22(28-20)26-19-7-5-17(14-24)6-8-19/h3-5,7,9,11-13H,6,8H2,1-2H3,(H2,25,26,27,28)/b4-3+. The van der Waals surface area contributed by atoms with Gasteiger partial charge in [-0.1, -0.05) is 0 Å². The lowest BCUT2D eigenvalue weighted by atomic mass is 10.0. The van der Waals surface area contributed by atoms with E-state index in [0.717, 1.165) is 46.5 Å². The maximum absolute atomic E-state index is 8.93. The highest BCUT2D eigenvalue weighted by Gasteiger charge is 2.09. The maximum atomic E-state index is 8.93. The van der Waals surface area contributed by atoms with Crippen LogP contribution in [0.3, 0.4) is 0 Å². The summed E-state index contributed by atoms with van der Waals surface area (Å²) in [5, 5.41) is 24.2. The van der Waals surface area contributed by atoms with Gasteiger partial charge in [0.05, 0.1) is 12.1 Å². The van der Waals surface area contributed by atoms with Crippen molar-refractivity contribution in [3.63, 3.8) is 0 Å². The fourth-order valence-electron chi connectivity index (χ4n) is 3.02. The third kappa shape index (κ3) is 4.63. The van der Waals surface area contributed by atoms with Crippen LogP contribution in [0.1, 0.15) is 29.5 Å². The number of anilines is 3. The summed E-state index contributed by atoms with van der Waals surface area (Å²) in [6.45, 7) is 4.04. The van der Waals surface area contributed by atoms with E-state index in [1.54, 1.807) is 12.3 Å². The molecule has 0 saturated carbocycles. The van der Waals surface area contributed by atoms with Crippen molar-refractivity contribution in [2.24, 2.45) is 0 Å². The molecule has 2 aromatic rings. The van der Waals surface area contributed by atoms with Crippen LogP contribution in [0.5, 0.6) is 0 Å². The number of nitriles is 2. The predicted octanol–water partition coefficient (Wildman–Crippen LogP) is 4.91. The molecule has 0 aliphatic heterocycles. The van der Waals surface area contributed by atoms with Gasteiger partial charge in [-0.15, -0.1) is 0 Å². The lowest BCUT2D eigenvalue weighted by molar-refractivity contribution is 0.926. The van der Waals surface area contributed by atoms with Gasteiger partial charge in [0.2, 0.25) is 5.95 Å². The van der Waals surface area contributed by atoms with E-state index in [1.165, 1.54) is 6.08 Å². The summed E-state index contributed by atoms with van der Waals surface area (Å²) in [4.78, 5) is 8.82. The van der Waals surface area contributed by atoms with Crippen LogP contribution in [0.25, 0.3) is 6.08 Å². The Morgan fingerprint density at radius 3 is 2.50 bits per heavy atom. The van der Waals surface area contributed by atoms with Crippen molar-refractivity contribution in [2.45, 2.75) is 26.7 Å². The predicted molar refractivity (Wildman–Crippen MR) is 111 cm³/mol. The number of hydrogen-bond acceptors (Lipinski definition) is 6. The van der Waals surface area contributed by atoms with Crippen LogP contribution >= 0.6 is 0 Å². The van der Waals surface area contributed by atoms with Crippen molar-refractivity contribution < 1.29 is 0 Å².